The fourth-order valence-corrected chi connectivity index (χ4v) is 3.49. The van der Waals surface area contributed by atoms with Gasteiger partial charge in [-0.25, -0.2) is 9.97 Å². The number of amides is 1. The summed E-state index contributed by atoms with van der Waals surface area (Å²) in [6.07, 6.45) is 1.44. The van der Waals surface area contributed by atoms with Gasteiger partial charge in [-0.15, -0.1) is 0 Å². The third-order valence-corrected chi connectivity index (χ3v) is 5.21. The summed E-state index contributed by atoms with van der Waals surface area (Å²) in [7, 11) is 1.66. The molecule has 1 amide bonds. The van der Waals surface area contributed by atoms with Gasteiger partial charge in [0, 0.05) is 37.4 Å². The van der Waals surface area contributed by atoms with Crippen molar-refractivity contribution in [3.63, 3.8) is 0 Å². The van der Waals surface area contributed by atoms with Crippen LogP contribution in [0.1, 0.15) is 10.4 Å². The lowest BCUT2D eigenvalue weighted by molar-refractivity contribution is 0.0962. The molecule has 0 bridgehead atoms. The van der Waals surface area contributed by atoms with Gasteiger partial charge in [0.15, 0.2) is 11.6 Å². The molecule has 4 N–H and O–H groups in total. The number of nitrogens with one attached hydrogen (secondary N) is 2. The highest BCUT2D eigenvalue weighted by Gasteiger charge is 2.21. The molecule has 1 aliphatic rings. The third kappa shape index (κ3) is 4.61. The van der Waals surface area contributed by atoms with Crippen LogP contribution in [0.2, 0.25) is 0 Å². The normalized spacial score (nSPS) is 13.6. The van der Waals surface area contributed by atoms with Crippen LogP contribution in [0.3, 0.4) is 0 Å². The maximum atomic E-state index is 12.2. The summed E-state index contributed by atoms with van der Waals surface area (Å²) < 4.78 is 5.23. The predicted octanol–water partition coefficient (Wildman–Crippen LogP) is 2.15. The molecule has 9 heteroatoms. The Bertz CT molecular complexity index is 1020. The number of hydrogen-bond acceptors (Lipinski definition) is 8. The summed E-state index contributed by atoms with van der Waals surface area (Å²) in [5, 5.41) is 0. The first-order chi connectivity index (χ1) is 15.2. The van der Waals surface area contributed by atoms with Crippen LogP contribution in [0, 0.1) is 0 Å². The minimum atomic E-state index is -0.270. The zero-order valence-electron chi connectivity index (χ0n) is 17.3. The van der Waals surface area contributed by atoms with Gasteiger partial charge < -0.3 is 20.3 Å². The van der Waals surface area contributed by atoms with Gasteiger partial charge in [-0.1, -0.05) is 18.2 Å². The molecule has 31 heavy (non-hydrogen) atoms. The summed E-state index contributed by atoms with van der Waals surface area (Å²) in [6.45, 7) is 3.21. The third-order valence-electron chi connectivity index (χ3n) is 5.21. The molecule has 2 aromatic carbocycles. The zero-order chi connectivity index (χ0) is 21.6. The molecule has 160 valence electrons. The van der Waals surface area contributed by atoms with Crippen molar-refractivity contribution in [2.24, 2.45) is 0 Å². The van der Waals surface area contributed by atoms with E-state index >= 15 is 0 Å². The number of carbonyl (C=O) groups is 1. The molecular weight excluding hydrogens is 394 g/mol. The molecule has 0 unspecified atom stereocenters. The second-order valence-electron chi connectivity index (χ2n) is 7.08. The highest BCUT2D eigenvalue weighted by Crippen LogP contribution is 2.28. The number of hydrazine groups is 1. The largest absolute Gasteiger partial charge is 0.497 e. The first-order valence-corrected chi connectivity index (χ1v) is 10.0. The number of aromatic nitrogens is 2. The number of nitrogens with two attached hydrogens (primary N) is 1. The van der Waals surface area contributed by atoms with E-state index in [9.17, 15) is 4.79 Å². The number of nitrogens with zero attached hydrogens (tertiary/aromatic N) is 4. The molecule has 0 spiro atoms. The van der Waals surface area contributed by atoms with E-state index in [1.54, 1.807) is 31.4 Å². The monoisotopic (exact) mass is 419 g/mol. The topological polar surface area (TPSA) is 109 Å². The minimum absolute atomic E-state index is 0.270. The predicted molar refractivity (Wildman–Crippen MR) is 121 cm³/mol. The van der Waals surface area contributed by atoms with Crippen molar-refractivity contribution >= 4 is 28.9 Å². The fourth-order valence-electron chi connectivity index (χ4n) is 3.49. The average Bonchev–Trinajstić information content (AvgIpc) is 2.84. The van der Waals surface area contributed by atoms with Crippen LogP contribution >= 0.6 is 0 Å². The molecule has 4 rings (SSSR count). The number of methoxy groups -OCH3 is 1. The summed E-state index contributed by atoms with van der Waals surface area (Å²) in [5.74, 6) is 1.59. The van der Waals surface area contributed by atoms with Crippen molar-refractivity contribution in [2.75, 3.05) is 54.2 Å². The van der Waals surface area contributed by atoms with Crippen LogP contribution in [0.15, 0.2) is 60.9 Å². The molecule has 1 aromatic heterocycles. The molecule has 0 aliphatic carbocycles. The first-order valence-electron chi connectivity index (χ1n) is 10.0. The van der Waals surface area contributed by atoms with E-state index in [4.69, 9.17) is 10.5 Å². The van der Waals surface area contributed by atoms with Gasteiger partial charge in [-0.3, -0.25) is 15.6 Å². The molecule has 0 atom stereocenters. The maximum Gasteiger partial charge on any atom is 0.269 e. The van der Waals surface area contributed by atoms with Crippen LogP contribution in [0.4, 0.5) is 23.0 Å². The molecule has 1 fully saturated rings. The number of hydrogen-bond donors (Lipinski definition) is 3. The number of carbonyl (C=O) groups excluding carboxylic acids is 1. The van der Waals surface area contributed by atoms with Crippen LogP contribution in [-0.2, 0) is 0 Å². The van der Waals surface area contributed by atoms with E-state index in [0.29, 0.717) is 22.9 Å². The average molecular weight is 419 g/mol. The van der Waals surface area contributed by atoms with Gasteiger partial charge in [-0.2, -0.15) is 0 Å². The SMILES string of the molecule is COc1ccc(N2CCN(c3ncnc(NNC(=O)c4ccccc4)c3N)CC2)cc1. The van der Waals surface area contributed by atoms with Crippen molar-refractivity contribution in [3.8, 4) is 5.75 Å². The van der Waals surface area contributed by atoms with E-state index in [2.05, 4.69) is 42.8 Å². The van der Waals surface area contributed by atoms with Gasteiger partial charge >= 0.3 is 0 Å². The number of anilines is 4. The number of rotatable bonds is 6. The van der Waals surface area contributed by atoms with E-state index in [-0.39, 0.29) is 5.91 Å². The molecule has 9 nitrogen and oxygen atoms in total. The maximum absolute atomic E-state index is 12.2. The van der Waals surface area contributed by atoms with Crippen molar-refractivity contribution in [1.82, 2.24) is 15.4 Å². The number of nitrogen functional groups attached to an aromatic ring is 1. The van der Waals surface area contributed by atoms with E-state index < -0.39 is 0 Å². The van der Waals surface area contributed by atoms with E-state index in [0.717, 1.165) is 37.6 Å². The molecule has 0 saturated carbocycles. The second kappa shape index (κ2) is 9.21. The molecule has 1 saturated heterocycles. The second-order valence-corrected chi connectivity index (χ2v) is 7.08. The van der Waals surface area contributed by atoms with Crippen molar-refractivity contribution in [2.45, 2.75) is 0 Å². The van der Waals surface area contributed by atoms with Gasteiger partial charge in [0.2, 0.25) is 0 Å². The van der Waals surface area contributed by atoms with E-state index in [1.165, 1.54) is 6.33 Å². The van der Waals surface area contributed by atoms with Gasteiger partial charge in [-0.05, 0) is 36.4 Å². The molecule has 0 radical (unpaired) electrons. The Morgan fingerprint density at radius 2 is 1.65 bits per heavy atom. The lowest BCUT2D eigenvalue weighted by Gasteiger charge is -2.37. The van der Waals surface area contributed by atoms with Crippen LogP contribution in [0.5, 0.6) is 5.75 Å². The Kier molecular flexibility index (Phi) is 6.02. The first kappa shape index (κ1) is 20.3. The zero-order valence-corrected chi connectivity index (χ0v) is 17.3. The number of ether oxygens (including phenoxy) is 1. The minimum Gasteiger partial charge on any atom is -0.497 e. The Labute approximate surface area is 180 Å². The quantitative estimate of drug-likeness (QED) is 0.522. The van der Waals surface area contributed by atoms with Crippen molar-refractivity contribution < 1.29 is 9.53 Å². The van der Waals surface area contributed by atoms with Crippen molar-refractivity contribution in [3.05, 3.63) is 66.5 Å². The Balaban J connectivity index is 1.38. The lowest BCUT2D eigenvalue weighted by Crippen LogP contribution is -2.47. The van der Waals surface area contributed by atoms with Gasteiger partial charge in [0.05, 0.1) is 7.11 Å². The van der Waals surface area contributed by atoms with Crippen LogP contribution in [-0.4, -0.2) is 49.2 Å². The van der Waals surface area contributed by atoms with Gasteiger partial charge in [0.25, 0.3) is 5.91 Å². The standard InChI is InChI=1S/C22H25N7O2/c1-31-18-9-7-17(8-10-18)28-11-13-29(14-12-28)21-19(23)20(24-15-25-21)26-27-22(30)16-5-3-2-4-6-16/h2-10,15H,11-14,23H2,1H3,(H,27,30)(H,24,25,26). The van der Waals surface area contributed by atoms with Crippen LogP contribution < -0.4 is 31.1 Å². The Morgan fingerprint density at radius 1 is 0.968 bits per heavy atom. The summed E-state index contributed by atoms with van der Waals surface area (Å²) in [5.41, 5.74) is 13.8. The molecular formula is C22H25N7O2. The van der Waals surface area contributed by atoms with Gasteiger partial charge in [0.1, 0.15) is 17.8 Å². The fraction of sp³-hybridized carbons (Fsp3) is 0.227. The Morgan fingerprint density at radius 3 is 2.32 bits per heavy atom. The summed E-state index contributed by atoms with van der Waals surface area (Å²) in [6, 6.07) is 17.0. The molecule has 2 heterocycles. The smallest absolute Gasteiger partial charge is 0.269 e. The Hall–Kier alpha value is -4.01. The van der Waals surface area contributed by atoms with Crippen molar-refractivity contribution in [1.29, 1.82) is 0 Å². The van der Waals surface area contributed by atoms with E-state index in [1.807, 2.05) is 18.2 Å². The highest BCUT2D eigenvalue weighted by molar-refractivity contribution is 5.95. The number of benzene rings is 2. The molecule has 3 aromatic rings. The highest BCUT2D eigenvalue weighted by atomic mass is 16.5. The summed E-state index contributed by atoms with van der Waals surface area (Å²) in [4.78, 5) is 25.2. The van der Waals surface area contributed by atoms with Crippen LogP contribution in [0.25, 0.3) is 0 Å². The molecule has 1 aliphatic heterocycles. The summed E-state index contributed by atoms with van der Waals surface area (Å²) >= 11 is 0. The number of piperazine rings is 1. The lowest BCUT2D eigenvalue weighted by atomic mass is 10.2.